The lowest BCUT2D eigenvalue weighted by molar-refractivity contribution is 0.411. The Morgan fingerprint density at radius 1 is 0.970 bits per heavy atom. The molecule has 166 valence electrons. The third-order valence-corrected chi connectivity index (χ3v) is 6.52. The predicted octanol–water partition coefficient (Wildman–Crippen LogP) is 5.00. The molecule has 3 aromatic carbocycles. The monoisotopic (exact) mass is 478 g/mol. The normalized spacial score (nSPS) is 11.2. The zero-order valence-corrected chi connectivity index (χ0v) is 19.4. The summed E-state index contributed by atoms with van der Waals surface area (Å²) in [5, 5.41) is 10.7. The van der Waals surface area contributed by atoms with Crippen LogP contribution >= 0.6 is 23.4 Å². The average molecular weight is 479 g/mol. The average Bonchev–Trinajstić information content (AvgIpc) is 3.27. The molecule has 0 fully saturated rings. The Hall–Kier alpha value is -3.49. The molecule has 9 heteroatoms. The van der Waals surface area contributed by atoms with Gasteiger partial charge in [-0.25, -0.2) is 4.57 Å². The van der Waals surface area contributed by atoms with E-state index in [1.807, 2.05) is 59.0 Å². The molecule has 0 atom stereocenters. The van der Waals surface area contributed by atoms with Gasteiger partial charge in [0.1, 0.15) is 11.5 Å². The minimum absolute atomic E-state index is 0.174. The number of ether oxygens (including phenoxy) is 2. The molecule has 0 radical (unpaired) electrons. The largest absolute Gasteiger partial charge is 0.497 e. The molecule has 7 nitrogen and oxygen atoms in total. The van der Waals surface area contributed by atoms with Gasteiger partial charge in [-0.15, -0.1) is 10.2 Å². The molecule has 0 aliphatic rings. The fourth-order valence-corrected chi connectivity index (χ4v) is 4.87. The van der Waals surface area contributed by atoms with Gasteiger partial charge in [0.05, 0.1) is 30.8 Å². The SMILES string of the molecule is COc1cccc(-n2c(=O)c3ccccc3n3c(SCc4cc(Cl)ccc4OC)nnc23)c1. The number of benzene rings is 3. The Labute approximate surface area is 198 Å². The summed E-state index contributed by atoms with van der Waals surface area (Å²) >= 11 is 7.68. The summed E-state index contributed by atoms with van der Waals surface area (Å²) < 4.78 is 14.3. The third-order valence-electron chi connectivity index (χ3n) is 5.31. The Balaban J connectivity index is 1.69. The highest BCUT2D eigenvalue weighted by atomic mass is 35.5. The van der Waals surface area contributed by atoms with Gasteiger partial charge in [0, 0.05) is 22.4 Å². The van der Waals surface area contributed by atoms with E-state index in [1.54, 1.807) is 30.9 Å². The van der Waals surface area contributed by atoms with Gasteiger partial charge in [-0.2, -0.15) is 0 Å². The highest BCUT2D eigenvalue weighted by molar-refractivity contribution is 7.98. The number of methoxy groups -OCH3 is 2. The van der Waals surface area contributed by atoms with E-state index in [1.165, 1.54) is 11.8 Å². The van der Waals surface area contributed by atoms with Crippen molar-refractivity contribution in [3.8, 4) is 17.2 Å². The molecule has 0 saturated carbocycles. The second-order valence-electron chi connectivity index (χ2n) is 7.22. The summed E-state index contributed by atoms with van der Waals surface area (Å²) in [6.07, 6.45) is 0. The highest BCUT2D eigenvalue weighted by Gasteiger charge is 2.18. The summed E-state index contributed by atoms with van der Waals surface area (Å²) in [6, 6.07) is 20.3. The van der Waals surface area contributed by atoms with Crippen LogP contribution < -0.4 is 15.0 Å². The van der Waals surface area contributed by atoms with Gasteiger partial charge >= 0.3 is 0 Å². The molecule has 0 spiro atoms. The van der Waals surface area contributed by atoms with Crippen LogP contribution in [0.4, 0.5) is 0 Å². The van der Waals surface area contributed by atoms with Crippen LogP contribution in [0.5, 0.6) is 11.5 Å². The van der Waals surface area contributed by atoms with Crippen LogP contribution in [0, 0.1) is 0 Å². The molecule has 2 heterocycles. The van der Waals surface area contributed by atoms with Crippen LogP contribution in [0.2, 0.25) is 5.02 Å². The molecular formula is C24H19ClN4O3S. The van der Waals surface area contributed by atoms with E-state index in [0.29, 0.717) is 38.5 Å². The molecule has 2 aromatic heterocycles. The predicted molar refractivity (Wildman–Crippen MR) is 130 cm³/mol. The van der Waals surface area contributed by atoms with E-state index in [-0.39, 0.29) is 5.56 Å². The van der Waals surface area contributed by atoms with Gasteiger partial charge in [0.25, 0.3) is 5.56 Å². The first-order chi connectivity index (χ1) is 16.1. The van der Waals surface area contributed by atoms with Crippen molar-refractivity contribution in [2.24, 2.45) is 0 Å². The van der Waals surface area contributed by atoms with Crippen molar-refractivity contribution in [3.05, 3.63) is 87.7 Å². The first-order valence-electron chi connectivity index (χ1n) is 10.1. The van der Waals surface area contributed by atoms with E-state index in [0.717, 1.165) is 16.8 Å². The van der Waals surface area contributed by atoms with Crippen molar-refractivity contribution in [2.45, 2.75) is 10.9 Å². The second-order valence-corrected chi connectivity index (χ2v) is 8.60. The number of hydrogen-bond acceptors (Lipinski definition) is 6. The number of para-hydroxylation sites is 1. The van der Waals surface area contributed by atoms with Crippen LogP contribution in [-0.2, 0) is 5.75 Å². The summed E-state index contributed by atoms with van der Waals surface area (Å²) in [5.41, 5.74) is 2.15. The van der Waals surface area contributed by atoms with Crippen LogP contribution in [0.1, 0.15) is 5.56 Å². The molecule has 0 aliphatic carbocycles. The standard InChI is InChI=1S/C24H19ClN4O3S/c1-31-18-7-5-6-17(13-18)28-22(30)19-8-3-4-9-20(19)29-23(28)26-27-24(29)33-14-15-12-16(25)10-11-21(15)32-2/h3-13H,14H2,1-2H3. The number of halogens is 1. The van der Waals surface area contributed by atoms with Crippen LogP contribution in [0.3, 0.4) is 0 Å². The molecule has 33 heavy (non-hydrogen) atoms. The Morgan fingerprint density at radius 3 is 2.64 bits per heavy atom. The number of hydrogen-bond donors (Lipinski definition) is 0. The van der Waals surface area contributed by atoms with E-state index in [9.17, 15) is 4.79 Å². The fourth-order valence-electron chi connectivity index (χ4n) is 3.76. The van der Waals surface area contributed by atoms with Crippen LogP contribution in [-0.4, -0.2) is 33.4 Å². The first-order valence-corrected chi connectivity index (χ1v) is 11.5. The second kappa shape index (κ2) is 8.80. The molecule has 0 saturated heterocycles. The topological polar surface area (TPSA) is 70.7 Å². The maximum Gasteiger partial charge on any atom is 0.267 e. The van der Waals surface area contributed by atoms with Crippen molar-refractivity contribution in [1.29, 1.82) is 0 Å². The van der Waals surface area contributed by atoms with Crippen molar-refractivity contribution < 1.29 is 9.47 Å². The summed E-state index contributed by atoms with van der Waals surface area (Å²) in [6.45, 7) is 0. The van der Waals surface area contributed by atoms with Gasteiger partial charge in [-0.05, 0) is 42.5 Å². The van der Waals surface area contributed by atoms with E-state index in [4.69, 9.17) is 21.1 Å². The molecular weight excluding hydrogens is 460 g/mol. The third kappa shape index (κ3) is 3.81. The van der Waals surface area contributed by atoms with E-state index >= 15 is 0 Å². The maximum absolute atomic E-state index is 13.5. The maximum atomic E-state index is 13.5. The van der Waals surface area contributed by atoms with Crippen LogP contribution in [0.15, 0.2) is 76.7 Å². The lowest BCUT2D eigenvalue weighted by Crippen LogP contribution is -2.21. The van der Waals surface area contributed by atoms with Crippen LogP contribution in [0.25, 0.3) is 22.4 Å². The Bertz CT molecular complexity index is 1550. The zero-order valence-electron chi connectivity index (χ0n) is 17.9. The first kappa shape index (κ1) is 21.4. The van der Waals surface area contributed by atoms with E-state index < -0.39 is 0 Å². The molecule has 5 aromatic rings. The summed E-state index contributed by atoms with van der Waals surface area (Å²) in [7, 11) is 3.22. The smallest absolute Gasteiger partial charge is 0.267 e. The van der Waals surface area contributed by atoms with Gasteiger partial charge < -0.3 is 9.47 Å². The Morgan fingerprint density at radius 2 is 1.82 bits per heavy atom. The highest BCUT2D eigenvalue weighted by Crippen LogP contribution is 2.31. The number of aromatic nitrogens is 4. The molecule has 5 rings (SSSR count). The molecule has 0 N–H and O–H groups in total. The number of fused-ring (bicyclic) bond motifs is 3. The number of thioether (sulfide) groups is 1. The minimum Gasteiger partial charge on any atom is -0.497 e. The van der Waals surface area contributed by atoms with Crippen molar-refractivity contribution >= 4 is 40.0 Å². The van der Waals surface area contributed by atoms with Crippen molar-refractivity contribution in [1.82, 2.24) is 19.2 Å². The quantitative estimate of drug-likeness (QED) is 0.320. The van der Waals surface area contributed by atoms with Gasteiger partial charge in [-0.3, -0.25) is 9.20 Å². The summed E-state index contributed by atoms with van der Waals surface area (Å²) in [4.78, 5) is 13.5. The van der Waals surface area contributed by atoms with Crippen molar-refractivity contribution in [3.63, 3.8) is 0 Å². The zero-order chi connectivity index (χ0) is 22.9. The molecule has 0 bridgehead atoms. The minimum atomic E-state index is -0.174. The fraction of sp³-hybridized carbons (Fsp3) is 0.125. The van der Waals surface area contributed by atoms with Gasteiger partial charge in [0.2, 0.25) is 5.78 Å². The molecule has 0 aliphatic heterocycles. The number of nitrogens with zero attached hydrogens (tertiary/aromatic N) is 4. The lowest BCUT2D eigenvalue weighted by Gasteiger charge is -2.12. The lowest BCUT2D eigenvalue weighted by atomic mass is 10.2. The van der Waals surface area contributed by atoms with Gasteiger partial charge in [0.15, 0.2) is 5.16 Å². The van der Waals surface area contributed by atoms with E-state index in [2.05, 4.69) is 10.2 Å². The molecule has 0 unspecified atom stereocenters. The number of rotatable bonds is 6. The summed E-state index contributed by atoms with van der Waals surface area (Å²) in [5.74, 6) is 2.39. The Kier molecular flexibility index (Phi) is 5.70. The van der Waals surface area contributed by atoms with Gasteiger partial charge in [-0.1, -0.05) is 41.6 Å². The van der Waals surface area contributed by atoms with Crippen molar-refractivity contribution in [2.75, 3.05) is 14.2 Å². The molecule has 0 amide bonds.